The Balaban J connectivity index is 0. The average molecular weight is 382 g/mol. The Hall–Kier alpha value is -0.630. The van der Waals surface area contributed by atoms with Crippen molar-refractivity contribution in [3.63, 3.8) is 0 Å². The molecule has 3 atom stereocenters. The van der Waals surface area contributed by atoms with E-state index >= 15 is 0 Å². The van der Waals surface area contributed by atoms with E-state index in [1.165, 1.54) is 31.4 Å². The van der Waals surface area contributed by atoms with Crippen LogP contribution in [0.1, 0.15) is 88.0 Å². The molecule has 2 heteroatoms. The molecule has 0 bridgehead atoms. The lowest BCUT2D eigenvalue weighted by Crippen LogP contribution is -2.33. The van der Waals surface area contributed by atoms with Gasteiger partial charge in [0, 0.05) is 11.4 Å². The SMILES string of the molecule is C=C/C=C\C(=C/C)NSCC1(C)CC(C)CC(CC(C)C)C1.CC.CC. The first-order valence-corrected chi connectivity index (χ1v) is 11.7. The van der Waals surface area contributed by atoms with Crippen LogP contribution < -0.4 is 4.72 Å². The first-order chi connectivity index (χ1) is 12.4. The fraction of sp³-hybridized carbons (Fsp3) is 0.750. The van der Waals surface area contributed by atoms with Crippen LogP contribution in [0, 0.1) is 23.2 Å². The Morgan fingerprint density at radius 2 is 1.85 bits per heavy atom. The van der Waals surface area contributed by atoms with Gasteiger partial charge in [0.2, 0.25) is 0 Å². The molecule has 1 nitrogen and oxygen atoms in total. The largest absolute Gasteiger partial charge is 0.330 e. The van der Waals surface area contributed by atoms with E-state index in [-0.39, 0.29) is 0 Å². The van der Waals surface area contributed by atoms with E-state index < -0.39 is 0 Å². The maximum Gasteiger partial charge on any atom is 0.0397 e. The molecule has 1 fully saturated rings. The van der Waals surface area contributed by atoms with Crippen molar-refractivity contribution in [1.82, 2.24) is 4.72 Å². The molecule has 0 aromatic carbocycles. The minimum Gasteiger partial charge on any atom is -0.330 e. The second kappa shape index (κ2) is 16.5. The van der Waals surface area contributed by atoms with E-state index in [1.54, 1.807) is 0 Å². The molecular weight excluding hydrogens is 334 g/mol. The Kier molecular flexibility index (Phi) is 17.5. The molecule has 0 radical (unpaired) electrons. The first kappa shape index (κ1) is 27.6. The number of allylic oxidation sites excluding steroid dienone is 4. The molecule has 0 aromatic heterocycles. The summed E-state index contributed by atoms with van der Waals surface area (Å²) in [5, 5.41) is 0. The number of nitrogens with one attached hydrogen (secondary N) is 1. The van der Waals surface area contributed by atoms with Crippen LogP contribution in [-0.2, 0) is 0 Å². The monoisotopic (exact) mass is 381 g/mol. The zero-order chi connectivity index (χ0) is 20.6. The van der Waals surface area contributed by atoms with Crippen LogP contribution in [0.5, 0.6) is 0 Å². The van der Waals surface area contributed by atoms with Crippen LogP contribution >= 0.6 is 11.9 Å². The van der Waals surface area contributed by atoms with Gasteiger partial charge in [-0.2, -0.15) is 0 Å². The van der Waals surface area contributed by atoms with E-state index in [1.807, 2.05) is 51.8 Å². The molecule has 0 amide bonds. The summed E-state index contributed by atoms with van der Waals surface area (Å²) in [4.78, 5) is 0. The molecule has 1 N–H and O–H groups in total. The summed E-state index contributed by atoms with van der Waals surface area (Å²) in [6.07, 6.45) is 13.5. The maximum absolute atomic E-state index is 3.72. The van der Waals surface area contributed by atoms with Gasteiger partial charge in [-0.05, 0) is 61.9 Å². The highest BCUT2D eigenvalue weighted by Crippen LogP contribution is 2.45. The fourth-order valence-electron chi connectivity index (χ4n) is 3.98. The van der Waals surface area contributed by atoms with Crippen molar-refractivity contribution in [3.8, 4) is 0 Å². The van der Waals surface area contributed by atoms with Crippen LogP contribution in [0.25, 0.3) is 0 Å². The third-order valence-electron chi connectivity index (χ3n) is 4.50. The second-order valence-corrected chi connectivity index (χ2v) is 8.57. The quantitative estimate of drug-likeness (QED) is 0.334. The summed E-state index contributed by atoms with van der Waals surface area (Å²) in [7, 11) is 0. The lowest BCUT2D eigenvalue weighted by Gasteiger charge is -2.42. The standard InChI is InChI=1S/C20H35NS.2C2H6/c1-7-9-10-19(8-2)21-22-15-20(6)13-17(5)12-18(14-20)11-16(3)4;2*1-2/h7-10,16-18,21H,1,11-15H2,2-6H3;2*1-2H3/b10-9-,19-8+;;. The van der Waals surface area contributed by atoms with E-state index in [2.05, 4.69) is 58.1 Å². The number of hydrogen-bond acceptors (Lipinski definition) is 2. The van der Waals surface area contributed by atoms with Crippen molar-refractivity contribution in [2.24, 2.45) is 23.2 Å². The van der Waals surface area contributed by atoms with Crippen LogP contribution in [-0.4, -0.2) is 5.75 Å². The molecule has 0 saturated heterocycles. The smallest absolute Gasteiger partial charge is 0.0397 e. The fourth-order valence-corrected chi connectivity index (χ4v) is 4.98. The molecular formula is C24H47NS. The summed E-state index contributed by atoms with van der Waals surface area (Å²) in [6.45, 7) is 23.4. The van der Waals surface area contributed by atoms with Gasteiger partial charge < -0.3 is 4.72 Å². The number of hydrogen-bond donors (Lipinski definition) is 1. The van der Waals surface area contributed by atoms with Gasteiger partial charge in [0.1, 0.15) is 0 Å². The molecule has 0 aromatic rings. The van der Waals surface area contributed by atoms with Crippen molar-refractivity contribution >= 4 is 11.9 Å². The van der Waals surface area contributed by atoms with Crippen LogP contribution in [0.3, 0.4) is 0 Å². The molecule has 154 valence electrons. The lowest BCUT2D eigenvalue weighted by molar-refractivity contribution is 0.123. The highest BCUT2D eigenvalue weighted by Gasteiger charge is 2.35. The zero-order valence-corrected chi connectivity index (χ0v) is 20.0. The summed E-state index contributed by atoms with van der Waals surface area (Å²) in [5.41, 5.74) is 1.63. The van der Waals surface area contributed by atoms with Crippen LogP contribution in [0.4, 0.5) is 0 Å². The second-order valence-electron chi connectivity index (χ2n) is 7.78. The molecule has 0 spiro atoms. The number of rotatable bonds is 8. The highest BCUT2D eigenvalue weighted by molar-refractivity contribution is 7.97. The summed E-state index contributed by atoms with van der Waals surface area (Å²) in [6, 6.07) is 0. The minimum absolute atomic E-state index is 0.468. The van der Waals surface area contributed by atoms with Gasteiger partial charge in [0.05, 0.1) is 0 Å². The van der Waals surface area contributed by atoms with Gasteiger partial charge in [0.15, 0.2) is 0 Å². The predicted octanol–water partition coefficient (Wildman–Crippen LogP) is 8.41. The molecule has 1 saturated carbocycles. The highest BCUT2D eigenvalue weighted by atomic mass is 32.2. The van der Waals surface area contributed by atoms with Crippen molar-refractivity contribution in [1.29, 1.82) is 0 Å². The summed E-state index contributed by atoms with van der Waals surface area (Å²) < 4.78 is 3.49. The zero-order valence-electron chi connectivity index (χ0n) is 19.2. The lowest BCUT2D eigenvalue weighted by atomic mass is 9.66. The Bertz CT molecular complexity index is 395. The summed E-state index contributed by atoms with van der Waals surface area (Å²) >= 11 is 1.86. The van der Waals surface area contributed by atoms with Crippen molar-refractivity contribution < 1.29 is 0 Å². The predicted molar refractivity (Wildman–Crippen MR) is 125 cm³/mol. The average Bonchev–Trinajstić information content (AvgIpc) is 2.60. The van der Waals surface area contributed by atoms with Gasteiger partial charge in [-0.1, -0.05) is 92.1 Å². The first-order valence-electron chi connectivity index (χ1n) is 10.7. The molecule has 1 aliphatic carbocycles. The Labute approximate surface area is 170 Å². The molecule has 1 rings (SSSR count). The molecule has 1 aliphatic rings. The van der Waals surface area contributed by atoms with E-state index in [9.17, 15) is 0 Å². The van der Waals surface area contributed by atoms with Gasteiger partial charge in [-0.15, -0.1) is 0 Å². The third-order valence-corrected chi connectivity index (χ3v) is 5.72. The van der Waals surface area contributed by atoms with Crippen molar-refractivity contribution in [2.75, 3.05) is 5.75 Å². The minimum atomic E-state index is 0.468. The topological polar surface area (TPSA) is 12.0 Å². The van der Waals surface area contributed by atoms with Crippen molar-refractivity contribution in [2.45, 2.75) is 88.0 Å². The van der Waals surface area contributed by atoms with Gasteiger partial charge in [0.25, 0.3) is 0 Å². The Morgan fingerprint density at radius 1 is 1.23 bits per heavy atom. The molecule has 26 heavy (non-hydrogen) atoms. The van der Waals surface area contributed by atoms with Crippen LogP contribution in [0.15, 0.2) is 36.6 Å². The molecule has 0 heterocycles. The third kappa shape index (κ3) is 12.7. The normalized spacial score (nSPS) is 25.8. The van der Waals surface area contributed by atoms with E-state index in [4.69, 9.17) is 0 Å². The summed E-state index contributed by atoms with van der Waals surface area (Å²) in [5.74, 6) is 3.79. The van der Waals surface area contributed by atoms with Gasteiger partial charge in [-0.25, -0.2) is 0 Å². The Morgan fingerprint density at radius 3 is 2.35 bits per heavy atom. The van der Waals surface area contributed by atoms with E-state index in [0.29, 0.717) is 5.41 Å². The maximum atomic E-state index is 3.72. The van der Waals surface area contributed by atoms with Crippen LogP contribution in [0.2, 0.25) is 0 Å². The van der Waals surface area contributed by atoms with Gasteiger partial charge >= 0.3 is 0 Å². The molecule has 0 aliphatic heterocycles. The van der Waals surface area contributed by atoms with Gasteiger partial charge in [-0.3, -0.25) is 0 Å². The van der Waals surface area contributed by atoms with E-state index in [0.717, 1.165) is 23.5 Å². The van der Waals surface area contributed by atoms with Crippen molar-refractivity contribution in [3.05, 3.63) is 36.6 Å². The molecule has 3 unspecified atom stereocenters.